The molecule has 17 heteroatoms. The van der Waals surface area contributed by atoms with Gasteiger partial charge >= 0.3 is 0 Å². The summed E-state index contributed by atoms with van der Waals surface area (Å²) >= 11 is 0.614. The number of carbonyl (C=O) groups excluding carboxylic acids is 1. The van der Waals surface area contributed by atoms with Crippen LogP contribution in [0.4, 0.5) is 8.78 Å². The average molecular weight is 626 g/mol. The molecular formula is C24H25F2N7O5S3. The molecule has 1 saturated carbocycles. The van der Waals surface area contributed by atoms with Gasteiger partial charge in [0, 0.05) is 36.7 Å². The summed E-state index contributed by atoms with van der Waals surface area (Å²) in [6, 6.07) is 4.66. The van der Waals surface area contributed by atoms with Crippen molar-refractivity contribution in [3.63, 3.8) is 0 Å². The number of halogens is 2. The third kappa shape index (κ3) is 5.18. The van der Waals surface area contributed by atoms with Crippen LogP contribution in [0.2, 0.25) is 0 Å². The van der Waals surface area contributed by atoms with E-state index in [1.165, 1.54) is 35.0 Å². The zero-order valence-corrected chi connectivity index (χ0v) is 24.6. The first-order chi connectivity index (χ1) is 19.2. The third-order valence-electron chi connectivity index (χ3n) is 7.11. The second-order valence-corrected chi connectivity index (χ2v) is 15.4. The average Bonchev–Trinajstić information content (AvgIpc) is 3.36. The zero-order chi connectivity index (χ0) is 29.9. The number of fused-ring (bicyclic) bond motifs is 1. The predicted octanol–water partition coefficient (Wildman–Crippen LogP) is 2.76. The molecule has 218 valence electrons. The van der Waals surface area contributed by atoms with E-state index in [-0.39, 0.29) is 46.1 Å². The zero-order valence-electron chi connectivity index (χ0n) is 22.1. The van der Waals surface area contributed by atoms with Gasteiger partial charge in [0.1, 0.15) is 17.5 Å². The lowest BCUT2D eigenvalue weighted by Crippen LogP contribution is -2.41. The van der Waals surface area contributed by atoms with Crippen molar-refractivity contribution in [3.05, 3.63) is 28.3 Å². The van der Waals surface area contributed by atoms with Crippen molar-refractivity contribution in [2.24, 2.45) is 7.05 Å². The third-order valence-corrected chi connectivity index (χ3v) is 11.8. The van der Waals surface area contributed by atoms with E-state index in [1.54, 1.807) is 7.05 Å². The van der Waals surface area contributed by atoms with Gasteiger partial charge in [-0.15, -0.1) is 10.2 Å². The summed E-state index contributed by atoms with van der Waals surface area (Å²) in [4.78, 5) is 12.0. The molecule has 3 heterocycles. The van der Waals surface area contributed by atoms with Crippen molar-refractivity contribution < 1.29 is 30.4 Å². The monoisotopic (exact) mass is 625 g/mol. The summed E-state index contributed by atoms with van der Waals surface area (Å²) in [6.07, 6.45) is -1.52. The summed E-state index contributed by atoms with van der Waals surface area (Å²) in [5, 5.41) is 20.3. The van der Waals surface area contributed by atoms with Crippen LogP contribution in [0.1, 0.15) is 50.1 Å². The summed E-state index contributed by atoms with van der Waals surface area (Å²) in [7, 11) is -6.36. The number of aryl methyl sites for hydroxylation is 1. The van der Waals surface area contributed by atoms with E-state index in [0.29, 0.717) is 47.1 Å². The lowest BCUT2D eigenvalue weighted by molar-refractivity contribution is -0.105. The second kappa shape index (κ2) is 10.3. The molecule has 1 aliphatic carbocycles. The van der Waals surface area contributed by atoms with Gasteiger partial charge in [0.05, 0.1) is 21.7 Å². The van der Waals surface area contributed by atoms with Gasteiger partial charge in [-0.2, -0.15) is 19.4 Å². The Labute approximate surface area is 238 Å². The predicted molar refractivity (Wildman–Crippen MR) is 146 cm³/mol. The van der Waals surface area contributed by atoms with Gasteiger partial charge in [-0.1, -0.05) is 11.3 Å². The van der Waals surface area contributed by atoms with E-state index >= 15 is 0 Å². The molecule has 0 bridgehead atoms. The van der Waals surface area contributed by atoms with Crippen LogP contribution in [-0.4, -0.2) is 71.3 Å². The van der Waals surface area contributed by atoms with E-state index in [4.69, 9.17) is 0 Å². The van der Waals surface area contributed by atoms with Crippen LogP contribution >= 0.6 is 11.3 Å². The van der Waals surface area contributed by atoms with Crippen LogP contribution < -0.4 is 4.72 Å². The first kappa shape index (κ1) is 29.3. The number of aromatic nitrogens is 4. The highest BCUT2D eigenvalue weighted by atomic mass is 32.2. The fourth-order valence-corrected chi connectivity index (χ4v) is 8.11. The number of rotatable bonds is 9. The van der Waals surface area contributed by atoms with Crippen molar-refractivity contribution >= 4 is 54.1 Å². The number of aldehydes is 1. The maximum atomic E-state index is 13.5. The van der Waals surface area contributed by atoms with Gasteiger partial charge in [-0.25, -0.2) is 25.6 Å². The maximum Gasteiger partial charge on any atom is 0.291 e. The van der Waals surface area contributed by atoms with E-state index in [2.05, 4.69) is 20.0 Å². The Morgan fingerprint density at radius 2 is 1.90 bits per heavy atom. The quantitative estimate of drug-likeness (QED) is 0.352. The standard InChI is InChI=1S/C24H25F2N7O5S3/c1-13(2)41(37,38)33-7-4-16(14(10-33)11-34)17-8-15(40(35,36)31-24(12-27)5-6-24)9-18-19(30-32(3)20(17)18)22-28-29-23(39-22)21(25)26/h8-9,11,13,21,31H,4-7,10H2,1-3H3. The van der Waals surface area contributed by atoms with E-state index in [1.807, 2.05) is 6.07 Å². The van der Waals surface area contributed by atoms with E-state index in [9.17, 15) is 35.7 Å². The number of nitriles is 1. The molecule has 12 nitrogen and oxygen atoms in total. The lowest BCUT2D eigenvalue weighted by Gasteiger charge is -2.30. The first-order valence-electron chi connectivity index (χ1n) is 12.5. The van der Waals surface area contributed by atoms with Crippen LogP contribution in [0.5, 0.6) is 0 Å². The number of hydrogen-bond donors (Lipinski definition) is 1. The molecule has 0 atom stereocenters. The van der Waals surface area contributed by atoms with Crippen molar-refractivity contribution in [3.8, 4) is 16.8 Å². The topological polar surface area (TPSA) is 168 Å². The number of nitrogens with zero attached hydrogens (tertiary/aromatic N) is 6. The van der Waals surface area contributed by atoms with E-state index in [0.717, 1.165) is 0 Å². The smallest absolute Gasteiger partial charge is 0.291 e. The molecule has 5 rings (SSSR count). The molecule has 0 radical (unpaired) electrons. The summed E-state index contributed by atoms with van der Waals surface area (Å²) in [5.41, 5.74) is 0.176. The van der Waals surface area contributed by atoms with Gasteiger partial charge < -0.3 is 0 Å². The van der Waals surface area contributed by atoms with Crippen LogP contribution in [-0.2, 0) is 31.9 Å². The van der Waals surface area contributed by atoms with Crippen LogP contribution in [0, 0.1) is 11.3 Å². The molecule has 3 aromatic rings. The second-order valence-electron chi connectivity index (χ2n) is 10.2. The minimum atomic E-state index is -4.27. The van der Waals surface area contributed by atoms with Crippen LogP contribution in [0.3, 0.4) is 0 Å². The summed E-state index contributed by atoms with van der Waals surface area (Å²) in [6.45, 7) is 2.93. The normalized spacial score (nSPS) is 17.9. The first-order valence-corrected chi connectivity index (χ1v) is 16.3. The SMILES string of the molecule is CC(C)S(=O)(=O)N1CCC(c2cc(S(=O)(=O)NC3(C#N)CC3)cc3c(-c4nnc(C(F)F)s4)nn(C)c23)=C(C=O)C1. The molecule has 0 saturated heterocycles. The Balaban J connectivity index is 1.74. The Hall–Kier alpha value is -3.17. The number of carbonyl (C=O) groups is 1. The van der Waals surface area contributed by atoms with Gasteiger partial charge in [-0.05, 0) is 50.8 Å². The van der Waals surface area contributed by atoms with Crippen molar-refractivity contribution in [1.29, 1.82) is 5.26 Å². The van der Waals surface area contributed by atoms with Crippen LogP contribution in [0.25, 0.3) is 27.2 Å². The molecule has 41 heavy (non-hydrogen) atoms. The van der Waals surface area contributed by atoms with Gasteiger partial charge in [-0.3, -0.25) is 9.48 Å². The molecule has 0 spiro atoms. The van der Waals surface area contributed by atoms with Crippen molar-refractivity contribution in [2.45, 2.75) is 55.2 Å². The minimum absolute atomic E-state index is 0.0393. The molecule has 1 aliphatic heterocycles. The Bertz CT molecular complexity index is 1850. The number of sulfonamides is 2. The van der Waals surface area contributed by atoms with Gasteiger partial charge in [0.15, 0.2) is 10.0 Å². The highest BCUT2D eigenvalue weighted by Crippen LogP contribution is 2.41. The Kier molecular flexibility index (Phi) is 7.35. The summed E-state index contributed by atoms with van der Waals surface area (Å²) in [5.74, 6) is 0. The van der Waals surface area contributed by atoms with E-state index < -0.39 is 42.3 Å². The Morgan fingerprint density at radius 1 is 1.20 bits per heavy atom. The summed E-state index contributed by atoms with van der Waals surface area (Å²) < 4.78 is 84.2. The molecule has 1 aromatic carbocycles. The number of nitrogens with one attached hydrogen (secondary N) is 1. The minimum Gasteiger partial charge on any atom is -0.298 e. The molecule has 2 aromatic heterocycles. The molecule has 1 fully saturated rings. The molecule has 1 N–H and O–H groups in total. The van der Waals surface area contributed by atoms with Gasteiger partial charge in [0.25, 0.3) is 6.43 Å². The number of benzene rings is 1. The highest BCUT2D eigenvalue weighted by molar-refractivity contribution is 7.90. The fraction of sp³-hybridized carbons (Fsp3) is 0.458. The van der Waals surface area contributed by atoms with Crippen molar-refractivity contribution in [1.82, 2.24) is 29.0 Å². The lowest BCUT2D eigenvalue weighted by atomic mass is 9.93. The van der Waals surface area contributed by atoms with Crippen LogP contribution in [0.15, 0.2) is 22.6 Å². The Morgan fingerprint density at radius 3 is 2.46 bits per heavy atom. The number of hydrogen-bond acceptors (Lipinski definition) is 10. The van der Waals surface area contributed by atoms with Crippen molar-refractivity contribution in [2.75, 3.05) is 13.1 Å². The molecule has 2 aliphatic rings. The van der Waals surface area contributed by atoms with Gasteiger partial charge in [0.2, 0.25) is 20.0 Å². The molecule has 0 unspecified atom stereocenters. The molecule has 0 amide bonds. The highest BCUT2D eigenvalue weighted by Gasteiger charge is 2.47. The maximum absolute atomic E-state index is 13.5. The number of alkyl halides is 2. The molecular weight excluding hydrogens is 601 g/mol. The largest absolute Gasteiger partial charge is 0.298 e. The fourth-order valence-electron chi connectivity index (χ4n) is 4.72.